The maximum atomic E-state index is 9.57. The van der Waals surface area contributed by atoms with Gasteiger partial charge in [0, 0.05) is 16.3 Å². The first-order chi connectivity index (χ1) is 28.6. The van der Waals surface area contributed by atoms with Gasteiger partial charge in [-0.3, -0.25) is 0 Å². The van der Waals surface area contributed by atoms with Crippen molar-refractivity contribution in [2.24, 2.45) is 0 Å². The quantitative estimate of drug-likeness (QED) is 0.173. The first-order valence-electron chi connectivity index (χ1n) is 20.9. The van der Waals surface area contributed by atoms with Crippen molar-refractivity contribution >= 4 is 75.8 Å². The molecule has 0 bridgehead atoms. The number of benzene rings is 10. The third-order valence-electron chi connectivity index (χ3n) is 10.2. The second-order valence-electron chi connectivity index (χ2n) is 13.0. The van der Waals surface area contributed by atoms with Crippen LogP contribution < -0.4 is 0 Å². The van der Waals surface area contributed by atoms with Crippen molar-refractivity contribution < 1.29 is 15.4 Å². The predicted octanol–water partition coefficient (Wildman–Crippen LogP) is 14.4. The lowest BCUT2D eigenvalue weighted by atomic mass is 9.83. The van der Waals surface area contributed by atoms with Gasteiger partial charge in [-0.15, -0.1) is 0 Å². The Morgan fingerprint density at radius 2 is 0.961 bits per heavy atom. The summed E-state index contributed by atoms with van der Waals surface area (Å²) in [6.45, 7) is 0. The number of para-hydroxylation sites is 1. The van der Waals surface area contributed by atoms with Crippen molar-refractivity contribution in [3.8, 4) is 33.4 Å². The zero-order valence-corrected chi connectivity index (χ0v) is 27.1. The summed E-state index contributed by atoms with van der Waals surface area (Å²) < 4.78 is 80.5. The third-order valence-corrected chi connectivity index (χ3v) is 10.2. The van der Waals surface area contributed by atoms with Gasteiger partial charge in [0.25, 0.3) is 0 Å². The van der Waals surface area contributed by atoms with Gasteiger partial charge in [0.15, 0.2) is 0 Å². The zero-order valence-electron chi connectivity index (χ0n) is 35.1. The zero-order chi connectivity index (χ0) is 40.4. The highest BCUT2D eigenvalue weighted by Crippen LogP contribution is 2.47. The van der Waals surface area contributed by atoms with E-state index >= 15 is 0 Å². The van der Waals surface area contributed by atoms with Crippen molar-refractivity contribution in [1.82, 2.24) is 0 Å². The van der Waals surface area contributed by atoms with E-state index in [2.05, 4.69) is 30.3 Å². The summed E-state index contributed by atoms with van der Waals surface area (Å²) in [7, 11) is 0. The van der Waals surface area contributed by atoms with Crippen LogP contribution in [0.1, 0.15) is 11.0 Å². The minimum absolute atomic E-state index is 0.174. The molecule has 0 saturated carbocycles. The molecule has 0 amide bonds. The summed E-state index contributed by atoms with van der Waals surface area (Å²) in [4.78, 5) is 0. The lowest BCUT2D eigenvalue weighted by Gasteiger charge is -2.20. The molecule has 0 aliphatic carbocycles. The number of rotatable bonds is 3. The van der Waals surface area contributed by atoms with E-state index in [1.54, 1.807) is 0 Å². The summed E-state index contributed by atoms with van der Waals surface area (Å²) in [6, 6.07) is 40.6. The van der Waals surface area contributed by atoms with Crippen molar-refractivity contribution in [1.29, 1.82) is 0 Å². The summed E-state index contributed by atoms with van der Waals surface area (Å²) in [5, 5.41) is 8.26. The van der Waals surface area contributed by atoms with Crippen LogP contribution in [0.25, 0.3) is 109 Å². The van der Waals surface area contributed by atoms with Gasteiger partial charge in [-0.2, -0.15) is 0 Å². The van der Waals surface area contributed by atoms with E-state index in [0.29, 0.717) is 27.8 Å². The average molecular weight is 655 g/mol. The van der Waals surface area contributed by atoms with Crippen molar-refractivity contribution in [3.63, 3.8) is 0 Å². The van der Waals surface area contributed by atoms with Crippen LogP contribution in [0.15, 0.2) is 186 Å². The van der Waals surface area contributed by atoms with Crippen LogP contribution in [-0.4, -0.2) is 0 Å². The minimum atomic E-state index is -0.437. The van der Waals surface area contributed by atoms with Gasteiger partial charge in [-0.1, -0.05) is 158 Å². The third kappa shape index (κ3) is 4.22. The van der Waals surface area contributed by atoms with Gasteiger partial charge >= 0.3 is 0 Å². The van der Waals surface area contributed by atoms with Crippen LogP contribution in [-0.2, 0) is 0 Å². The molecule has 1 aromatic heterocycles. The maximum absolute atomic E-state index is 9.57. The van der Waals surface area contributed by atoms with Crippen LogP contribution in [0.2, 0.25) is 0 Å². The van der Waals surface area contributed by atoms with Gasteiger partial charge < -0.3 is 4.42 Å². The molecule has 11 rings (SSSR count). The fraction of sp³-hybridized carbons (Fsp3) is 0. The Labute approximate surface area is 305 Å². The standard InChI is InChI=1S/C50H30O/c1-2-14-33-28-35(25-24-31(33)12-1)47-40-18-7-9-20-42(40)48(43-21-10-8-19-41(43)47)45-30-36(29-34-15-4-5-16-37(34)45)39-22-11-23-44-49-38-17-6-3-13-32(38)26-27-46(49)51-50(39)44/h1-30H/i7D,8D,9D,10D,18D,19D,20D,21D. The van der Waals surface area contributed by atoms with Gasteiger partial charge in [0.2, 0.25) is 0 Å². The van der Waals surface area contributed by atoms with E-state index in [-0.39, 0.29) is 45.7 Å². The van der Waals surface area contributed by atoms with Gasteiger partial charge in [0.1, 0.15) is 11.2 Å². The second kappa shape index (κ2) is 10.9. The topological polar surface area (TPSA) is 13.1 Å². The van der Waals surface area contributed by atoms with Crippen LogP contribution in [0, 0.1) is 0 Å². The van der Waals surface area contributed by atoms with E-state index in [1.165, 1.54) is 0 Å². The molecule has 1 heteroatoms. The monoisotopic (exact) mass is 654 g/mol. The fourth-order valence-corrected chi connectivity index (χ4v) is 8.00. The van der Waals surface area contributed by atoms with E-state index in [0.717, 1.165) is 59.8 Å². The molecule has 0 fully saturated rings. The first-order valence-corrected chi connectivity index (χ1v) is 16.9. The normalized spacial score (nSPS) is 14.1. The highest BCUT2D eigenvalue weighted by Gasteiger charge is 2.20. The molecular formula is C50H30O. The molecule has 11 aromatic rings. The minimum Gasteiger partial charge on any atom is -0.455 e. The van der Waals surface area contributed by atoms with E-state index < -0.39 is 24.2 Å². The first kappa shape index (κ1) is 21.4. The molecule has 236 valence electrons. The molecule has 0 aliphatic rings. The SMILES string of the molecule is [2H]c1c([2H])c([2H])c2c(-c3cc(-c4cccc5c4oc4ccc6ccccc6c45)cc4ccccc34)c3c([2H])c([2H])c([2H])c([2H])c3c(-c3ccc4ccccc4c3)c2c1[2H]. The Kier molecular flexibility index (Phi) is 4.57. The number of furan rings is 1. The Bertz CT molecular complexity index is 3580. The van der Waals surface area contributed by atoms with E-state index in [4.69, 9.17) is 9.90 Å². The highest BCUT2D eigenvalue weighted by molar-refractivity contribution is 6.25. The molecule has 1 nitrogen and oxygen atoms in total. The summed E-state index contributed by atoms with van der Waals surface area (Å²) in [5.41, 5.74) is 4.78. The van der Waals surface area contributed by atoms with Crippen molar-refractivity contribution in [2.45, 2.75) is 0 Å². The Hall–Kier alpha value is -6.70. The van der Waals surface area contributed by atoms with Crippen LogP contribution in [0.3, 0.4) is 0 Å². The smallest absolute Gasteiger partial charge is 0.143 e. The van der Waals surface area contributed by atoms with Crippen LogP contribution in [0.5, 0.6) is 0 Å². The van der Waals surface area contributed by atoms with Gasteiger partial charge in [0.05, 0.1) is 11.0 Å². The molecule has 51 heavy (non-hydrogen) atoms. The second-order valence-corrected chi connectivity index (χ2v) is 13.0. The largest absolute Gasteiger partial charge is 0.455 e. The average Bonchev–Trinajstić information content (AvgIpc) is 3.67. The molecule has 0 saturated heterocycles. The van der Waals surface area contributed by atoms with E-state index in [1.807, 2.05) is 103 Å². The van der Waals surface area contributed by atoms with Gasteiger partial charge in [-0.05, 0) is 106 Å². The Morgan fingerprint density at radius 3 is 1.73 bits per heavy atom. The molecular weight excluding hydrogens is 617 g/mol. The molecule has 0 atom stereocenters. The number of hydrogen-bond donors (Lipinski definition) is 0. The molecule has 0 radical (unpaired) electrons. The molecule has 10 aromatic carbocycles. The van der Waals surface area contributed by atoms with Gasteiger partial charge in [-0.25, -0.2) is 0 Å². The number of hydrogen-bond acceptors (Lipinski definition) is 1. The van der Waals surface area contributed by atoms with Crippen LogP contribution in [0.4, 0.5) is 0 Å². The van der Waals surface area contributed by atoms with E-state index in [9.17, 15) is 5.48 Å². The summed E-state index contributed by atoms with van der Waals surface area (Å²) >= 11 is 0. The summed E-state index contributed by atoms with van der Waals surface area (Å²) in [5.74, 6) is 0. The van der Waals surface area contributed by atoms with Crippen molar-refractivity contribution in [3.05, 3.63) is 182 Å². The predicted molar refractivity (Wildman–Crippen MR) is 218 cm³/mol. The molecule has 1 heterocycles. The van der Waals surface area contributed by atoms with Crippen molar-refractivity contribution in [2.75, 3.05) is 0 Å². The molecule has 0 unspecified atom stereocenters. The maximum Gasteiger partial charge on any atom is 0.143 e. The number of fused-ring (bicyclic) bond motifs is 9. The fourth-order valence-electron chi connectivity index (χ4n) is 8.00. The molecule has 0 N–H and O–H groups in total. The Balaban J connectivity index is 1.34. The molecule has 0 aliphatic heterocycles. The van der Waals surface area contributed by atoms with Crippen LogP contribution >= 0.6 is 0 Å². The Morgan fingerprint density at radius 1 is 0.373 bits per heavy atom. The lowest BCUT2D eigenvalue weighted by molar-refractivity contribution is 0.670. The lowest BCUT2D eigenvalue weighted by Crippen LogP contribution is -1.92. The highest BCUT2D eigenvalue weighted by atomic mass is 16.3. The molecule has 0 spiro atoms. The summed E-state index contributed by atoms with van der Waals surface area (Å²) in [6.07, 6.45) is 0.